The number of methoxy groups -OCH3 is 1. The first kappa shape index (κ1) is 30.1. The molecule has 1 fully saturated rings. The molecule has 0 unspecified atom stereocenters. The van der Waals surface area contributed by atoms with Crippen LogP contribution in [0.5, 0.6) is 0 Å². The molecule has 226 valence electrons. The lowest BCUT2D eigenvalue weighted by atomic mass is 10.0. The zero-order valence-electron chi connectivity index (χ0n) is 24.1. The predicted octanol–water partition coefficient (Wildman–Crippen LogP) is 5.29. The van der Waals surface area contributed by atoms with E-state index in [2.05, 4.69) is 25.5 Å². The van der Waals surface area contributed by atoms with Crippen molar-refractivity contribution in [1.29, 1.82) is 0 Å². The second-order valence-corrected chi connectivity index (χ2v) is 10.7. The molecular weight excluding hydrogens is 561 g/mol. The summed E-state index contributed by atoms with van der Waals surface area (Å²) >= 11 is 0. The van der Waals surface area contributed by atoms with Gasteiger partial charge in [0, 0.05) is 55.9 Å². The van der Waals surface area contributed by atoms with Gasteiger partial charge in [0.25, 0.3) is 5.91 Å². The zero-order chi connectivity index (χ0) is 30.7. The number of H-pyrrole nitrogens is 1. The van der Waals surface area contributed by atoms with Crippen molar-refractivity contribution >= 4 is 34.3 Å². The van der Waals surface area contributed by atoms with Crippen LogP contribution in [-0.2, 0) is 24.0 Å². The number of benzene rings is 2. The molecule has 0 aliphatic carbocycles. The summed E-state index contributed by atoms with van der Waals surface area (Å²) in [7, 11) is 3.30. The minimum atomic E-state index is -4.58. The summed E-state index contributed by atoms with van der Waals surface area (Å²) in [5.74, 6) is -1.11. The number of alkyl halides is 3. The standard InChI is InChI=1S/C31H33F3N6O3/c1-19-4-7-24(13-23(19)16-35-25-12-22-15-27(30(42)43-3)38-28(22)36-17-25)37-29(41)20-5-6-21(26(14-20)31(32,33)34)18-40-10-8-39(2)9-11-40/h4-7,12-15,17,35H,8-11,16,18H2,1-3H3,(H,36,38)(H,37,41). The van der Waals surface area contributed by atoms with E-state index in [0.29, 0.717) is 42.4 Å². The molecule has 2 aromatic carbocycles. The molecular formula is C31H33F3N6O3. The number of pyridine rings is 1. The van der Waals surface area contributed by atoms with Crippen LogP contribution in [0.15, 0.2) is 54.7 Å². The largest absolute Gasteiger partial charge is 0.464 e. The third kappa shape index (κ3) is 7.15. The Morgan fingerprint density at radius 3 is 2.49 bits per heavy atom. The molecule has 3 N–H and O–H groups in total. The van der Waals surface area contributed by atoms with E-state index in [1.54, 1.807) is 24.4 Å². The molecule has 4 aromatic rings. The summed E-state index contributed by atoms with van der Waals surface area (Å²) in [6.07, 6.45) is -2.95. The quantitative estimate of drug-likeness (QED) is 0.238. The summed E-state index contributed by atoms with van der Waals surface area (Å²) in [6.45, 7) is 5.48. The number of anilines is 2. The number of esters is 1. The van der Waals surface area contributed by atoms with Crippen molar-refractivity contribution in [3.63, 3.8) is 0 Å². The molecule has 1 saturated heterocycles. The molecule has 0 radical (unpaired) electrons. The molecule has 0 spiro atoms. The summed E-state index contributed by atoms with van der Waals surface area (Å²) in [4.78, 5) is 36.2. The number of ether oxygens (including phenoxy) is 1. The Labute approximate surface area is 247 Å². The Balaban J connectivity index is 1.27. The summed E-state index contributed by atoms with van der Waals surface area (Å²) < 4.78 is 46.8. The van der Waals surface area contributed by atoms with E-state index >= 15 is 0 Å². The van der Waals surface area contributed by atoms with Gasteiger partial charge < -0.3 is 25.3 Å². The number of piperazine rings is 1. The maximum atomic E-state index is 14.0. The minimum Gasteiger partial charge on any atom is -0.464 e. The number of aryl methyl sites for hydroxylation is 1. The molecule has 43 heavy (non-hydrogen) atoms. The SMILES string of the molecule is COC(=O)c1cc2cc(NCc3cc(NC(=O)c4ccc(CN5CCN(C)CC5)c(C(F)(F)F)c4)ccc3C)cnc2[nH]1. The van der Waals surface area contributed by atoms with Gasteiger partial charge in [-0.15, -0.1) is 0 Å². The highest BCUT2D eigenvalue weighted by Gasteiger charge is 2.34. The van der Waals surface area contributed by atoms with E-state index in [0.717, 1.165) is 35.7 Å². The number of halogens is 3. The normalized spacial score (nSPS) is 14.6. The highest BCUT2D eigenvalue weighted by molar-refractivity contribution is 6.04. The Morgan fingerprint density at radius 2 is 1.77 bits per heavy atom. The molecule has 5 rings (SSSR count). The van der Waals surface area contributed by atoms with Gasteiger partial charge in [-0.1, -0.05) is 12.1 Å². The molecule has 0 atom stereocenters. The van der Waals surface area contributed by atoms with Gasteiger partial charge in [-0.05, 0) is 67.1 Å². The van der Waals surface area contributed by atoms with Crippen LogP contribution >= 0.6 is 0 Å². The molecule has 1 aliphatic rings. The molecule has 0 bridgehead atoms. The van der Waals surface area contributed by atoms with Gasteiger partial charge in [0.1, 0.15) is 11.3 Å². The Hall–Kier alpha value is -4.42. The second kappa shape index (κ2) is 12.4. The molecule has 2 aromatic heterocycles. The van der Waals surface area contributed by atoms with Crippen molar-refractivity contribution in [2.75, 3.05) is 51.0 Å². The molecule has 9 nitrogen and oxygen atoms in total. The van der Waals surface area contributed by atoms with Crippen LogP contribution in [0.2, 0.25) is 0 Å². The third-order valence-electron chi connectivity index (χ3n) is 7.63. The van der Waals surface area contributed by atoms with Gasteiger partial charge in [0.05, 0.1) is 24.6 Å². The van der Waals surface area contributed by atoms with Gasteiger partial charge in [-0.2, -0.15) is 13.2 Å². The van der Waals surface area contributed by atoms with Gasteiger partial charge in [0.15, 0.2) is 0 Å². The smallest absolute Gasteiger partial charge is 0.416 e. The van der Waals surface area contributed by atoms with Crippen LogP contribution < -0.4 is 10.6 Å². The number of hydrogen-bond acceptors (Lipinski definition) is 7. The number of carbonyl (C=O) groups excluding carboxylic acids is 2. The van der Waals surface area contributed by atoms with E-state index in [-0.39, 0.29) is 17.7 Å². The van der Waals surface area contributed by atoms with Crippen molar-refractivity contribution in [2.45, 2.75) is 26.2 Å². The number of fused-ring (bicyclic) bond motifs is 1. The number of nitrogens with zero attached hydrogens (tertiary/aromatic N) is 3. The number of hydrogen-bond donors (Lipinski definition) is 3. The van der Waals surface area contributed by atoms with Crippen molar-refractivity contribution in [2.24, 2.45) is 0 Å². The maximum absolute atomic E-state index is 14.0. The monoisotopic (exact) mass is 594 g/mol. The number of amides is 1. The third-order valence-corrected chi connectivity index (χ3v) is 7.63. The van der Waals surface area contributed by atoms with E-state index in [4.69, 9.17) is 4.74 Å². The number of carbonyl (C=O) groups is 2. The highest BCUT2D eigenvalue weighted by atomic mass is 19.4. The van der Waals surface area contributed by atoms with E-state index < -0.39 is 23.6 Å². The van der Waals surface area contributed by atoms with Crippen molar-refractivity contribution in [3.05, 3.63) is 88.2 Å². The fourth-order valence-corrected chi connectivity index (χ4v) is 5.04. The first-order valence-electron chi connectivity index (χ1n) is 13.8. The number of likely N-dealkylation sites (N-methyl/N-ethyl adjacent to an activating group) is 1. The van der Waals surface area contributed by atoms with Crippen LogP contribution in [0, 0.1) is 6.92 Å². The second-order valence-electron chi connectivity index (χ2n) is 10.7. The van der Waals surface area contributed by atoms with Gasteiger partial charge >= 0.3 is 12.1 Å². The summed E-state index contributed by atoms with van der Waals surface area (Å²) in [5, 5.41) is 6.76. The van der Waals surface area contributed by atoms with Gasteiger partial charge in [-0.3, -0.25) is 9.69 Å². The number of aromatic amines is 1. The van der Waals surface area contributed by atoms with Gasteiger partial charge in [0.2, 0.25) is 0 Å². The topological polar surface area (TPSA) is 103 Å². The highest BCUT2D eigenvalue weighted by Crippen LogP contribution is 2.34. The molecule has 12 heteroatoms. The fourth-order valence-electron chi connectivity index (χ4n) is 5.04. The maximum Gasteiger partial charge on any atom is 0.416 e. The summed E-state index contributed by atoms with van der Waals surface area (Å²) in [5.41, 5.74) is 3.17. The van der Waals surface area contributed by atoms with Crippen LogP contribution in [-0.4, -0.2) is 72.0 Å². The first-order chi connectivity index (χ1) is 20.5. The van der Waals surface area contributed by atoms with Crippen LogP contribution in [0.25, 0.3) is 11.0 Å². The van der Waals surface area contributed by atoms with E-state index in [9.17, 15) is 22.8 Å². The number of rotatable bonds is 8. The minimum absolute atomic E-state index is 0.0631. The molecule has 0 saturated carbocycles. The van der Waals surface area contributed by atoms with Crippen LogP contribution in [0.4, 0.5) is 24.5 Å². The fraction of sp³-hybridized carbons (Fsp3) is 0.323. The Morgan fingerprint density at radius 1 is 1.00 bits per heavy atom. The summed E-state index contributed by atoms with van der Waals surface area (Å²) in [6, 6.07) is 12.6. The number of aromatic nitrogens is 2. The van der Waals surface area contributed by atoms with Gasteiger partial charge in [-0.25, -0.2) is 9.78 Å². The van der Waals surface area contributed by atoms with Crippen LogP contribution in [0.1, 0.15) is 43.1 Å². The Kier molecular flexibility index (Phi) is 8.69. The molecule has 1 amide bonds. The first-order valence-corrected chi connectivity index (χ1v) is 13.8. The average Bonchev–Trinajstić information content (AvgIpc) is 3.41. The molecule has 3 heterocycles. The zero-order valence-corrected chi connectivity index (χ0v) is 24.1. The predicted molar refractivity (Wildman–Crippen MR) is 158 cm³/mol. The van der Waals surface area contributed by atoms with E-state index in [1.165, 1.54) is 19.2 Å². The number of nitrogens with one attached hydrogen (secondary N) is 3. The Bertz CT molecular complexity index is 1640. The molecule has 1 aliphatic heterocycles. The van der Waals surface area contributed by atoms with Crippen molar-refractivity contribution < 1.29 is 27.5 Å². The lowest BCUT2D eigenvalue weighted by Gasteiger charge is -2.33. The lowest BCUT2D eigenvalue weighted by Crippen LogP contribution is -2.44. The van der Waals surface area contributed by atoms with Crippen molar-refractivity contribution in [3.8, 4) is 0 Å². The average molecular weight is 595 g/mol. The van der Waals surface area contributed by atoms with E-state index in [1.807, 2.05) is 31.0 Å². The lowest BCUT2D eigenvalue weighted by molar-refractivity contribution is -0.138. The van der Waals surface area contributed by atoms with Crippen LogP contribution in [0.3, 0.4) is 0 Å². The van der Waals surface area contributed by atoms with Crippen molar-refractivity contribution in [1.82, 2.24) is 19.8 Å².